The van der Waals surface area contributed by atoms with Gasteiger partial charge in [-0.1, -0.05) is 43.7 Å². The van der Waals surface area contributed by atoms with Crippen molar-refractivity contribution in [2.24, 2.45) is 0 Å². The number of ketones is 1. The van der Waals surface area contributed by atoms with Gasteiger partial charge >= 0.3 is 0 Å². The number of hydrogen-bond donors (Lipinski definition) is 0. The molecule has 2 nitrogen and oxygen atoms in total. The van der Waals surface area contributed by atoms with E-state index in [0.717, 1.165) is 18.7 Å². The Morgan fingerprint density at radius 2 is 1.88 bits per heavy atom. The SMILES string of the molecule is CCCCN(C)CCC(=O)c1ccccc1. The van der Waals surface area contributed by atoms with Crippen molar-refractivity contribution in [3.8, 4) is 0 Å². The second-order valence-electron chi connectivity index (χ2n) is 4.20. The molecule has 0 heterocycles. The van der Waals surface area contributed by atoms with Crippen LogP contribution in [0.3, 0.4) is 0 Å². The number of unbranched alkanes of at least 4 members (excludes halogenated alkanes) is 1. The second kappa shape index (κ2) is 7.18. The molecule has 16 heavy (non-hydrogen) atoms. The summed E-state index contributed by atoms with van der Waals surface area (Å²) in [6, 6.07) is 9.52. The zero-order chi connectivity index (χ0) is 11.8. The molecule has 0 N–H and O–H groups in total. The summed E-state index contributed by atoms with van der Waals surface area (Å²) in [6.07, 6.45) is 3.03. The highest BCUT2D eigenvalue weighted by molar-refractivity contribution is 5.96. The van der Waals surface area contributed by atoms with Crippen molar-refractivity contribution in [3.05, 3.63) is 35.9 Å². The molecule has 88 valence electrons. The number of nitrogens with zero attached hydrogens (tertiary/aromatic N) is 1. The van der Waals surface area contributed by atoms with Crippen LogP contribution in [0.4, 0.5) is 0 Å². The molecule has 0 saturated carbocycles. The lowest BCUT2D eigenvalue weighted by atomic mass is 10.1. The predicted molar refractivity (Wildman–Crippen MR) is 67.8 cm³/mol. The van der Waals surface area contributed by atoms with Gasteiger partial charge in [-0.05, 0) is 20.0 Å². The summed E-state index contributed by atoms with van der Waals surface area (Å²) in [5.74, 6) is 0.240. The van der Waals surface area contributed by atoms with Crippen LogP contribution in [0.2, 0.25) is 0 Å². The molecule has 0 aromatic heterocycles. The van der Waals surface area contributed by atoms with E-state index in [1.54, 1.807) is 0 Å². The van der Waals surface area contributed by atoms with Crippen LogP contribution in [0.15, 0.2) is 30.3 Å². The van der Waals surface area contributed by atoms with Gasteiger partial charge in [0.25, 0.3) is 0 Å². The summed E-state index contributed by atoms with van der Waals surface area (Å²) in [7, 11) is 2.08. The van der Waals surface area contributed by atoms with Gasteiger partial charge in [0.15, 0.2) is 5.78 Å². The first-order valence-electron chi connectivity index (χ1n) is 6.01. The van der Waals surface area contributed by atoms with E-state index in [1.165, 1.54) is 12.8 Å². The fourth-order valence-electron chi connectivity index (χ4n) is 1.60. The Morgan fingerprint density at radius 3 is 2.50 bits per heavy atom. The summed E-state index contributed by atoms with van der Waals surface area (Å²) >= 11 is 0. The molecule has 0 atom stereocenters. The maximum atomic E-state index is 11.8. The molecular weight excluding hydrogens is 198 g/mol. The van der Waals surface area contributed by atoms with Crippen molar-refractivity contribution in [1.29, 1.82) is 0 Å². The highest BCUT2D eigenvalue weighted by atomic mass is 16.1. The summed E-state index contributed by atoms with van der Waals surface area (Å²) in [4.78, 5) is 14.0. The molecule has 0 unspecified atom stereocenters. The first-order chi connectivity index (χ1) is 7.74. The molecule has 0 saturated heterocycles. The van der Waals surface area contributed by atoms with E-state index in [-0.39, 0.29) is 5.78 Å². The molecule has 0 spiro atoms. The molecular formula is C14H21NO. The third-order valence-corrected chi connectivity index (χ3v) is 2.71. The van der Waals surface area contributed by atoms with Gasteiger partial charge in [-0.15, -0.1) is 0 Å². The topological polar surface area (TPSA) is 20.3 Å². The van der Waals surface area contributed by atoms with Crippen molar-refractivity contribution in [2.75, 3.05) is 20.1 Å². The minimum atomic E-state index is 0.240. The fraction of sp³-hybridized carbons (Fsp3) is 0.500. The molecule has 1 rings (SSSR count). The van der Waals surface area contributed by atoms with Gasteiger partial charge in [-0.25, -0.2) is 0 Å². The second-order valence-corrected chi connectivity index (χ2v) is 4.20. The largest absolute Gasteiger partial charge is 0.306 e. The van der Waals surface area contributed by atoms with Gasteiger partial charge < -0.3 is 4.90 Å². The van der Waals surface area contributed by atoms with Gasteiger partial charge in [0, 0.05) is 18.5 Å². The highest BCUT2D eigenvalue weighted by Gasteiger charge is 2.06. The average molecular weight is 219 g/mol. The minimum absolute atomic E-state index is 0.240. The monoisotopic (exact) mass is 219 g/mol. The summed E-state index contributed by atoms with van der Waals surface area (Å²) < 4.78 is 0. The number of Topliss-reactive ketones (excluding diaryl/α,β-unsaturated/α-hetero) is 1. The number of carbonyl (C=O) groups is 1. The van der Waals surface area contributed by atoms with E-state index in [1.807, 2.05) is 30.3 Å². The molecule has 1 aromatic carbocycles. The third kappa shape index (κ3) is 4.58. The number of rotatable bonds is 7. The molecule has 0 amide bonds. The van der Waals surface area contributed by atoms with E-state index in [0.29, 0.717) is 6.42 Å². The van der Waals surface area contributed by atoms with Crippen LogP contribution in [-0.2, 0) is 0 Å². The predicted octanol–water partition coefficient (Wildman–Crippen LogP) is 2.99. The van der Waals surface area contributed by atoms with E-state index in [9.17, 15) is 4.79 Å². The Bertz CT molecular complexity index is 308. The fourth-order valence-corrected chi connectivity index (χ4v) is 1.60. The lowest BCUT2D eigenvalue weighted by molar-refractivity contribution is 0.0969. The standard InChI is InChI=1S/C14H21NO/c1-3-4-11-15(2)12-10-14(16)13-8-6-5-7-9-13/h5-9H,3-4,10-12H2,1-2H3. The molecule has 0 fully saturated rings. The Morgan fingerprint density at radius 1 is 1.19 bits per heavy atom. The van der Waals surface area contributed by atoms with Crippen molar-refractivity contribution in [3.63, 3.8) is 0 Å². The lowest BCUT2D eigenvalue weighted by Gasteiger charge is -2.15. The average Bonchev–Trinajstić information content (AvgIpc) is 2.34. The normalized spacial score (nSPS) is 10.7. The van der Waals surface area contributed by atoms with Crippen LogP contribution < -0.4 is 0 Å². The number of benzene rings is 1. The third-order valence-electron chi connectivity index (χ3n) is 2.71. The van der Waals surface area contributed by atoms with Crippen LogP contribution in [0, 0.1) is 0 Å². The van der Waals surface area contributed by atoms with Crippen LogP contribution in [0.5, 0.6) is 0 Å². The molecule has 0 aliphatic carbocycles. The Balaban J connectivity index is 2.30. The van der Waals surface area contributed by atoms with Crippen molar-refractivity contribution >= 4 is 5.78 Å². The minimum Gasteiger partial charge on any atom is -0.306 e. The summed E-state index contributed by atoms with van der Waals surface area (Å²) in [5, 5.41) is 0. The molecule has 0 aliphatic rings. The summed E-state index contributed by atoms with van der Waals surface area (Å²) in [6.45, 7) is 4.12. The van der Waals surface area contributed by atoms with Crippen LogP contribution in [0.25, 0.3) is 0 Å². The van der Waals surface area contributed by atoms with E-state index in [2.05, 4.69) is 18.9 Å². The molecule has 2 heteroatoms. The number of hydrogen-bond acceptors (Lipinski definition) is 2. The van der Waals surface area contributed by atoms with Gasteiger partial charge in [0.05, 0.1) is 0 Å². The first-order valence-corrected chi connectivity index (χ1v) is 6.01. The van der Waals surface area contributed by atoms with Crippen LogP contribution >= 0.6 is 0 Å². The van der Waals surface area contributed by atoms with Gasteiger partial charge in [-0.3, -0.25) is 4.79 Å². The van der Waals surface area contributed by atoms with E-state index < -0.39 is 0 Å². The van der Waals surface area contributed by atoms with Crippen molar-refractivity contribution in [2.45, 2.75) is 26.2 Å². The van der Waals surface area contributed by atoms with Gasteiger partial charge in [0.2, 0.25) is 0 Å². The molecule has 0 aliphatic heterocycles. The Labute approximate surface area is 98.3 Å². The quantitative estimate of drug-likeness (QED) is 0.657. The first kappa shape index (κ1) is 12.9. The number of carbonyl (C=O) groups excluding carboxylic acids is 1. The van der Waals surface area contributed by atoms with E-state index >= 15 is 0 Å². The smallest absolute Gasteiger partial charge is 0.164 e. The highest BCUT2D eigenvalue weighted by Crippen LogP contribution is 2.03. The van der Waals surface area contributed by atoms with Gasteiger partial charge in [-0.2, -0.15) is 0 Å². The van der Waals surface area contributed by atoms with Crippen LogP contribution in [-0.4, -0.2) is 30.8 Å². The Kier molecular flexibility index (Phi) is 5.79. The van der Waals surface area contributed by atoms with E-state index in [4.69, 9.17) is 0 Å². The molecule has 0 bridgehead atoms. The molecule has 1 aromatic rings. The zero-order valence-electron chi connectivity index (χ0n) is 10.3. The van der Waals surface area contributed by atoms with Crippen LogP contribution in [0.1, 0.15) is 36.5 Å². The lowest BCUT2D eigenvalue weighted by Crippen LogP contribution is -2.22. The maximum Gasteiger partial charge on any atom is 0.164 e. The van der Waals surface area contributed by atoms with Crippen molar-refractivity contribution in [1.82, 2.24) is 4.90 Å². The molecule has 0 radical (unpaired) electrons. The maximum absolute atomic E-state index is 11.8. The zero-order valence-corrected chi connectivity index (χ0v) is 10.3. The summed E-state index contributed by atoms with van der Waals surface area (Å²) in [5.41, 5.74) is 0.825. The van der Waals surface area contributed by atoms with Crippen molar-refractivity contribution < 1.29 is 4.79 Å². The van der Waals surface area contributed by atoms with Gasteiger partial charge in [0.1, 0.15) is 0 Å². The Hall–Kier alpha value is -1.15.